The number of amides is 2. The highest BCUT2D eigenvalue weighted by atomic mass is 16.5. The summed E-state index contributed by atoms with van der Waals surface area (Å²) in [6.07, 6.45) is 0.180. The average molecular weight is 262 g/mol. The first kappa shape index (κ1) is 13.9. The van der Waals surface area contributed by atoms with Gasteiger partial charge in [0.25, 0.3) is 0 Å². The average Bonchev–Trinajstić information content (AvgIpc) is 2.32. The minimum atomic E-state index is -0.0422. The van der Waals surface area contributed by atoms with E-state index in [-0.39, 0.29) is 18.2 Å². The Morgan fingerprint density at radius 1 is 1.21 bits per heavy atom. The van der Waals surface area contributed by atoms with E-state index in [1.54, 1.807) is 0 Å². The first-order chi connectivity index (χ1) is 8.97. The zero-order valence-electron chi connectivity index (χ0n) is 12.1. The molecule has 1 N–H and O–H groups in total. The van der Waals surface area contributed by atoms with Crippen LogP contribution >= 0.6 is 0 Å². The first-order valence-electron chi connectivity index (χ1n) is 6.75. The van der Waals surface area contributed by atoms with Crippen molar-refractivity contribution in [3.05, 3.63) is 29.3 Å². The number of morpholine rings is 1. The van der Waals surface area contributed by atoms with Crippen molar-refractivity contribution in [1.29, 1.82) is 0 Å². The summed E-state index contributed by atoms with van der Waals surface area (Å²) in [6, 6.07) is 5.97. The number of para-hydroxylation sites is 1. The van der Waals surface area contributed by atoms with E-state index in [9.17, 15) is 4.79 Å². The molecule has 19 heavy (non-hydrogen) atoms. The number of hydrogen-bond acceptors (Lipinski definition) is 2. The quantitative estimate of drug-likeness (QED) is 0.845. The lowest BCUT2D eigenvalue weighted by Gasteiger charge is -2.35. The zero-order chi connectivity index (χ0) is 14.0. The molecule has 1 aromatic carbocycles. The van der Waals surface area contributed by atoms with E-state index in [0.717, 1.165) is 16.8 Å². The second-order valence-electron chi connectivity index (χ2n) is 5.36. The molecule has 2 amide bonds. The summed E-state index contributed by atoms with van der Waals surface area (Å²) in [7, 11) is 0. The van der Waals surface area contributed by atoms with Gasteiger partial charge in [0.15, 0.2) is 0 Å². The molecule has 0 saturated carbocycles. The number of nitrogens with zero attached hydrogens (tertiary/aromatic N) is 1. The number of rotatable bonds is 1. The molecule has 104 valence electrons. The van der Waals surface area contributed by atoms with Crippen LogP contribution in [-0.4, -0.2) is 36.2 Å². The number of benzene rings is 1. The Morgan fingerprint density at radius 2 is 1.74 bits per heavy atom. The van der Waals surface area contributed by atoms with Gasteiger partial charge in [-0.15, -0.1) is 0 Å². The SMILES string of the molecule is Cc1cccc(C)c1NC(=O)N1C[C@H](C)O[C@@H](C)C1. The second-order valence-corrected chi connectivity index (χ2v) is 5.36. The molecule has 4 nitrogen and oxygen atoms in total. The molecule has 0 spiro atoms. The first-order valence-corrected chi connectivity index (χ1v) is 6.75. The summed E-state index contributed by atoms with van der Waals surface area (Å²) in [6.45, 7) is 9.28. The Morgan fingerprint density at radius 3 is 2.26 bits per heavy atom. The van der Waals surface area contributed by atoms with E-state index in [4.69, 9.17) is 4.74 Å². The van der Waals surface area contributed by atoms with Crippen molar-refractivity contribution < 1.29 is 9.53 Å². The van der Waals surface area contributed by atoms with Gasteiger partial charge in [0.1, 0.15) is 0 Å². The van der Waals surface area contributed by atoms with E-state index < -0.39 is 0 Å². The van der Waals surface area contributed by atoms with Crippen molar-refractivity contribution in [1.82, 2.24) is 4.90 Å². The molecule has 0 aromatic heterocycles. The number of anilines is 1. The van der Waals surface area contributed by atoms with Crippen LogP contribution in [0, 0.1) is 13.8 Å². The topological polar surface area (TPSA) is 41.6 Å². The van der Waals surface area contributed by atoms with Crippen LogP contribution in [-0.2, 0) is 4.74 Å². The van der Waals surface area contributed by atoms with Crippen molar-refractivity contribution in [2.24, 2.45) is 0 Å². The van der Waals surface area contributed by atoms with E-state index in [1.807, 2.05) is 50.8 Å². The summed E-state index contributed by atoms with van der Waals surface area (Å²) in [5.41, 5.74) is 3.09. The molecule has 1 aliphatic rings. The van der Waals surface area contributed by atoms with Gasteiger partial charge >= 0.3 is 6.03 Å². The molecule has 1 aliphatic heterocycles. The minimum absolute atomic E-state index is 0.0422. The van der Waals surface area contributed by atoms with Gasteiger partial charge in [-0.05, 0) is 38.8 Å². The highest BCUT2D eigenvalue weighted by molar-refractivity contribution is 5.91. The van der Waals surface area contributed by atoms with Crippen LogP contribution in [0.3, 0.4) is 0 Å². The Bertz CT molecular complexity index is 443. The summed E-state index contributed by atoms with van der Waals surface area (Å²) < 4.78 is 5.64. The standard InChI is InChI=1S/C15H22N2O2/c1-10-6-5-7-11(2)14(10)16-15(18)17-8-12(3)19-13(4)9-17/h5-7,12-13H,8-9H2,1-4H3,(H,16,18)/t12-,13-/m0/s1. The fraction of sp³-hybridized carbons (Fsp3) is 0.533. The number of carbonyl (C=O) groups excluding carboxylic acids is 1. The number of ether oxygens (including phenoxy) is 1. The maximum Gasteiger partial charge on any atom is 0.322 e. The molecule has 4 heteroatoms. The van der Waals surface area contributed by atoms with E-state index in [1.165, 1.54) is 0 Å². The van der Waals surface area contributed by atoms with Crippen molar-refractivity contribution in [3.63, 3.8) is 0 Å². The maximum atomic E-state index is 12.3. The number of carbonyl (C=O) groups is 1. The third-order valence-electron chi connectivity index (χ3n) is 3.42. The third kappa shape index (κ3) is 3.26. The van der Waals surface area contributed by atoms with Crippen LogP contribution in [0.1, 0.15) is 25.0 Å². The number of nitrogens with one attached hydrogen (secondary N) is 1. The normalized spacial score (nSPS) is 23.3. The predicted octanol–water partition coefficient (Wildman–Crippen LogP) is 2.94. The lowest BCUT2D eigenvalue weighted by Crippen LogP contribution is -2.49. The van der Waals surface area contributed by atoms with Gasteiger partial charge in [-0.1, -0.05) is 18.2 Å². The molecule has 1 heterocycles. The van der Waals surface area contributed by atoms with Crippen LogP contribution in [0.25, 0.3) is 0 Å². The number of hydrogen-bond donors (Lipinski definition) is 1. The van der Waals surface area contributed by atoms with Crippen molar-refractivity contribution in [2.75, 3.05) is 18.4 Å². The van der Waals surface area contributed by atoms with Gasteiger partial charge < -0.3 is 15.0 Å². The second kappa shape index (κ2) is 5.61. The molecule has 0 bridgehead atoms. The van der Waals surface area contributed by atoms with Gasteiger partial charge in [0.05, 0.1) is 12.2 Å². The molecule has 0 radical (unpaired) electrons. The Labute approximate surface area is 114 Å². The summed E-state index contributed by atoms with van der Waals surface area (Å²) in [5, 5.41) is 3.02. The molecule has 1 aromatic rings. The number of urea groups is 1. The minimum Gasteiger partial charge on any atom is -0.372 e. The third-order valence-corrected chi connectivity index (χ3v) is 3.42. The molecule has 0 aliphatic carbocycles. The molecule has 0 unspecified atom stereocenters. The Hall–Kier alpha value is -1.55. The van der Waals surface area contributed by atoms with Crippen LogP contribution in [0.5, 0.6) is 0 Å². The highest BCUT2D eigenvalue weighted by Gasteiger charge is 2.26. The summed E-state index contributed by atoms with van der Waals surface area (Å²) in [4.78, 5) is 14.1. The van der Waals surface area contributed by atoms with Crippen LogP contribution in [0.4, 0.5) is 10.5 Å². The van der Waals surface area contributed by atoms with E-state index in [2.05, 4.69) is 5.32 Å². The van der Waals surface area contributed by atoms with Crippen LogP contribution < -0.4 is 5.32 Å². The highest BCUT2D eigenvalue weighted by Crippen LogP contribution is 2.20. The Balaban J connectivity index is 2.08. The van der Waals surface area contributed by atoms with Crippen LogP contribution in [0.15, 0.2) is 18.2 Å². The van der Waals surface area contributed by atoms with E-state index >= 15 is 0 Å². The van der Waals surface area contributed by atoms with Gasteiger partial charge in [0.2, 0.25) is 0 Å². The van der Waals surface area contributed by atoms with Gasteiger partial charge in [-0.3, -0.25) is 0 Å². The monoisotopic (exact) mass is 262 g/mol. The van der Waals surface area contributed by atoms with Crippen molar-refractivity contribution >= 4 is 11.7 Å². The molecule has 2 rings (SSSR count). The lowest BCUT2D eigenvalue weighted by atomic mass is 10.1. The van der Waals surface area contributed by atoms with Gasteiger partial charge in [-0.25, -0.2) is 4.79 Å². The summed E-state index contributed by atoms with van der Waals surface area (Å²) >= 11 is 0. The van der Waals surface area contributed by atoms with Crippen LogP contribution in [0.2, 0.25) is 0 Å². The number of aryl methyl sites for hydroxylation is 2. The molecular weight excluding hydrogens is 240 g/mol. The van der Waals surface area contributed by atoms with Gasteiger partial charge in [-0.2, -0.15) is 0 Å². The smallest absolute Gasteiger partial charge is 0.322 e. The van der Waals surface area contributed by atoms with Crippen molar-refractivity contribution in [2.45, 2.75) is 39.9 Å². The van der Waals surface area contributed by atoms with Crippen molar-refractivity contribution in [3.8, 4) is 0 Å². The zero-order valence-corrected chi connectivity index (χ0v) is 12.1. The maximum absolute atomic E-state index is 12.3. The lowest BCUT2D eigenvalue weighted by molar-refractivity contribution is -0.0530. The fourth-order valence-electron chi connectivity index (χ4n) is 2.54. The molecule has 2 atom stereocenters. The fourth-order valence-corrected chi connectivity index (χ4v) is 2.54. The molecule has 1 fully saturated rings. The van der Waals surface area contributed by atoms with E-state index in [0.29, 0.717) is 13.1 Å². The summed E-state index contributed by atoms with van der Waals surface area (Å²) in [5.74, 6) is 0. The van der Waals surface area contributed by atoms with Gasteiger partial charge in [0, 0.05) is 18.8 Å². The molecule has 1 saturated heterocycles. The predicted molar refractivity (Wildman–Crippen MR) is 76.5 cm³/mol. The Kier molecular flexibility index (Phi) is 4.10. The molecular formula is C15H22N2O2. The largest absolute Gasteiger partial charge is 0.372 e.